The van der Waals surface area contributed by atoms with Crippen LogP contribution < -0.4 is 0 Å². The van der Waals surface area contributed by atoms with Crippen molar-refractivity contribution in [1.29, 1.82) is 0 Å². The first-order valence-corrected chi connectivity index (χ1v) is 15.2. The molecule has 1 aliphatic carbocycles. The van der Waals surface area contributed by atoms with Crippen molar-refractivity contribution in [2.45, 2.75) is 19.8 Å². The van der Waals surface area contributed by atoms with Crippen LogP contribution in [0, 0.1) is 6.92 Å². The third kappa shape index (κ3) is 3.37. The summed E-state index contributed by atoms with van der Waals surface area (Å²) in [6.45, 7) is 2.11. The topological polar surface area (TPSA) is 18.1 Å². The van der Waals surface area contributed by atoms with Gasteiger partial charge in [-0.15, -0.1) is 11.3 Å². The Bertz CT molecular complexity index is 2380. The van der Waals surface area contributed by atoms with Gasteiger partial charge < -0.3 is 8.98 Å². The standard InChI is InChI=1S/C37H24ClNOS/c1-21-16-22(18-23(38)17-21)29-20-30-25-8-2-5-11-31(25)39(36(30)37-35(29)28-10-4-7-13-34(28)41-37)24-14-15-27-26-9-3-6-12-32(26)40-33(27)19-24/h2-5,7-11,13-20H,6,12H2,1H3. The van der Waals surface area contributed by atoms with E-state index in [2.05, 4.69) is 109 Å². The van der Waals surface area contributed by atoms with E-state index in [-0.39, 0.29) is 0 Å². The first-order chi connectivity index (χ1) is 20.1. The maximum atomic E-state index is 6.61. The first-order valence-electron chi connectivity index (χ1n) is 14.0. The van der Waals surface area contributed by atoms with Crippen LogP contribution in [0.3, 0.4) is 0 Å². The van der Waals surface area contributed by atoms with Crippen molar-refractivity contribution in [1.82, 2.24) is 4.57 Å². The highest BCUT2D eigenvalue weighted by Gasteiger charge is 2.22. The molecule has 9 rings (SSSR count). The molecule has 4 heteroatoms. The van der Waals surface area contributed by atoms with Gasteiger partial charge in [0.25, 0.3) is 0 Å². The van der Waals surface area contributed by atoms with E-state index in [0.717, 1.165) is 46.0 Å². The number of aromatic nitrogens is 1. The number of halogens is 1. The summed E-state index contributed by atoms with van der Waals surface area (Å²) in [7, 11) is 0. The highest BCUT2D eigenvalue weighted by Crippen LogP contribution is 2.48. The SMILES string of the molecule is Cc1cc(Cl)cc(-c2cc3c4ccccc4n(-c4ccc5c6c(oc5c4)CCC=C6)c3c3sc4ccccc4c23)c1. The molecule has 0 saturated carbocycles. The lowest BCUT2D eigenvalue weighted by atomic mass is 9.96. The third-order valence-electron chi connectivity index (χ3n) is 8.51. The average Bonchev–Trinajstić information content (AvgIpc) is 3.65. The van der Waals surface area contributed by atoms with Gasteiger partial charge in [-0.1, -0.05) is 66.2 Å². The number of aryl methyl sites for hydroxylation is 2. The summed E-state index contributed by atoms with van der Waals surface area (Å²) in [4.78, 5) is 0. The van der Waals surface area contributed by atoms with Crippen LogP contribution in [0.15, 0.2) is 101 Å². The normalized spacial score (nSPS) is 13.3. The van der Waals surface area contributed by atoms with Gasteiger partial charge in [0.2, 0.25) is 0 Å². The van der Waals surface area contributed by atoms with Gasteiger partial charge in [0.05, 0.1) is 15.7 Å². The van der Waals surface area contributed by atoms with Crippen molar-refractivity contribution in [2.24, 2.45) is 0 Å². The Morgan fingerprint density at radius 2 is 1.68 bits per heavy atom. The van der Waals surface area contributed by atoms with E-state index in [1.807, 2.05) is 17.4 Å². The van der Waals surface area contributed by atoms with Crippen LogP contribution in [0.2, 0.25) is 5.02 Å². The number of para-hydroxylation sites is 1. The second kappa shape index (κ2) is 8.59. The van der Waals surface area contributed by atoms with Crippen LogP contribution in [0.1, 0.15) is 23.3 Å². The van der Waals surface area contributed by atoms with E-state index >= 15 is 0 Å². The minimum atomic E-state index is 0.763. The maximum Gasteiger partial charge on any atom is 0.137 e. The van der Waals surface area contributed by atoms with Crippen LogP contribution >= 0.6 is 22.9 Å². The van der Waals surface area contributed by atoms with E-state index in [9.17, 15) is 0 Å². The fourth-order valence-corrected chi connectivity index (χ4v) is 8.35. The summed E-state index contributed by atoms with van der Waals surface area (Å²) in [6, 6.07) is 33.0. The van der Waals surface area contributed by atoms with E-state index in [1.54, 1.807) is 0 Å². The smallest absolute Gasteiger partial charge is 0.137 e. The minimum Gasteiger partial charge on any atom is -0.460 e. The third-order valence-corrected chi connectivity index (χ3v) is 9.90. The number of benzene rings is 5. The van der Waals surface area contributed by atoms with Gasteiger partial charge in [-0.2, -0.15) is 0 Å². The minimum absolute atomic E-state index is 0.763. The molecule has 0 amide bonds. The number of rotatable bonds is 2. The molecule has 8 aromatic rings. The zero-order valence-electron chi connectivity index (χ0n) is 22.4. The number of nitrogens with zero attached hydrogens (tertiary/aromatic N) is 1. The second-order valence-electron chi connectivity index (χ2n) is 11.1. The van der Waals surface area contributed by atoms with Crippen molar-refractivity contribution in [2.75, 3.05) is 0 Å². The number of fused-ring (bicyclic) bond motifs is 10. The van der Waals surface area contributed by atoms with Gasteiger partial charge in [0.15, 0.2) is 0 Å². The summed E-state index contributed by atoms with van der Waals surface area (Å²) >= 11 is 8.48. The zero-order valence-corrected chi connectivity index (χ0v) is 23.9. The van der Waals surface area contributed by atoms with Crippen LogP contribution in [0.5, 0.6) is 0 Å². The maximum absolute atomic E-state index is 6.61. The molecule has 0 fully saturated rings. The Balaban J connectivity index is 1.45. The molecule has 41 heavy (non-hydrogen) atoms. The molecule has 3 heterocycles. The fourth-order valence-electron chi connectivity index (χ4n) is 6.80. The van der Waals surface area contributed by atoms with Gasteiger partial charge >= 0.3 is 0 Å². The lowest BCUT2D eigenvalue weighted by Crippen LogP contribution is -1.94. The number of hydrogen-bond donors (Lipinski definition) is 0. The molecule has 0 saturated heterocycles. The molecule has 3 aromatic heterocycles. The predicted molar refractivity (Wildman–Crippen MR) is 176 cm³/mol. The lowest BCUT2D eigenvalue weighted by Gasteiger charge is -2.12. The number of furan rings is 1. The Morgan fingerprint density at radius 1 is 0.829 bits per heavy atom. The quantitative estimate of drug-likeness (QED) is 0.204. The van der Waals surface area contributed by atoms with Crippen LogP contribution in [-0.2, 0) is 6.42 Å². The number of hydrogen-bond acceptors (Lipinski definition) is 2. The Hall–Kier alpha value is -4.31. The van der Waals surface area contributed by atoms with E-state index in [0.29, 0.717) is 0 Å². The Morgan fingerprint density at radius 3 is 2.59 bits per heavy atom. The molecule has 0 bridgehead atoms. The molecule has 0 atom stereocenters. The summed E-state index contributed by atoms with van der Waals surface area (Å²) in [5.41, 5.74) is 9.25. The fraction of sp³-hybridized carbons (Fsp3) is 0.0811. The Kier molecular flexibility index (Phi) is 4.91. The van der Waals surface area contributed by atoms with Crippen molar-refractivity contribution in [3.05, 3.63) is 119 Å². The molecule has 0 unspecified atom stereocenters. The summed E-state index contributed by atoms with van der Waals surface area (Å²) in [5.74, 6) is 1.09. The largest absolute Gasteiger partial charge is 0.460 e. The van der Waals surface area contributed by atoms with E-state index < -0.39 is 0 Å². The molecule has 2 nitrogen and oxygen atoms in total. The molecule has 0 N–H and O–H groups in total. The molecular weight excluding hydrogens is 542 g/mol. The second-order valence-corrected chi connectivity index (χ2v) is 12.5. The van der Waals surface area contributed by atoms with Crippen LogP contribution in [0.4, 0.5) is 0 Å². The molecule has 0 radical (unpaired) electrons. The van der Waals surface area contributed by atoms with E-state index in [4.69, 9.17) is 16.0 Å². The molecule has 0 aliphatic heterocycles. The average molecular weight is 566 g/mol. The van der Waals surface area contributed by atoms with Crippen molar-refractivity contribution >= 4 is 82.0 Å². The van der Waals surface area contributed by atoms with Crippen LogP contribution in [-0.4, -0.2) is 4.57 Å². The Labute approximate surface area is 245 Å². The number of allylic oxidation sites excluding steroid dienone is 1. The van der Waals surface area contributed by atoms with Gasteiger partial charge in [-0.3, -0.25) is 0 Å². The van der Waals surface area contributed by atoms with Gasteiger partial charge in [-0.05, 0) is 72.5 Å². The first kappa shape index (κ1) is 23.4. The zero-order chi connectivity index (χ0) is 27.2. The van der Waals surface area contributed by atoms with Gasteiger partial charge in [0, 0.05) is 60.4 Å². The molecule has 0 spiro atoms. The van der Waals surface area contributed by atoms with Crippen molar-refractivity contribution < 1.29 is 4.42 Å². The van der Waals surface area contributed by atoms with Crippen molar-refractivity contribution in [3.63, 3.8) is 0 Å². The van der Waals surface area contributed by atoms with Crippen molar-refractivity contribution in [3.8, 4) is 16.8 Å². The summed E-state index contributed by atoms with van der Waals surface area (Å²) < 4.78 is 11.4. The van der Waals surface area contributed by atoms with Crippen LogP contribution in [0.25, 0.3) is 75.8 Å². The van der Waals surface area contributed by atoms with E-state index in [1.165, 1.54) is 58.5 Å². The summed E-state index contributed by atoms with van der Waals surface area (Å²) in [6.07, 6.45) is 6.45. The molecule has 196 valence electrons. The molecular formula is C37H24ClNOS. The van der Waals surface area contributed by atoms with Gasteiger partial charge in [-0.25, -0.2) is 0 Å². The molecule has 1 aliphatic rings. The molecule has 5 aromatic carbocycles. The highest BCUT2D eigenvalue weighted by molar-refractivity contribution is 7.26. The summed E-state index contributed by atoms with van der Waals surface area (Å²) in [5, 5.41) is 6.99. The predicted octanol–water partition coefficient (Wildman–Crippen LogP) is 11.5. The van der Waals surface area contributed by atoms with Gasteiger partial charge in [0.1, 0.15) is 11.3 Å². The lowest BCUT2D eigenvalue weighted by molar-refractivity contribution is 0.546. The highest BCUT2D eigenvalue weighted by atomic mass is 35.5. The monoisotopic (exact) mass is 565 g/mol. The number of thiophene rings is 1.